The van der Waals surface area contributed by atoms with Crippen LogP contribution in [0.3, 0.4) is 0 Å². The fourth-order valence-corrected chi connectivity index (χ4v) is 2.18. The van der Waals surface area contributed by atoms with Gasteiger partial charge in [-0.25, -0.2) is 0 Å². The normalized spacial score (nSPS) is 14.6. The lowest BCUT2D eigenvalue weighted by Crippen LogP contribution is -2.35. The molecule has 5 nitrogen and oxygen atoms in total. The third-order valence-corrected chi connectivity index (χ3v) is 3.30. The molecule has 0 radical (unpaired) electrons. The first-order valence-corrected chi connectivity index (χ1v) is 6.54. The second-order valence-corrected chi connectivity index (χ2v) is 4.75. The van der Waals surface area contributed by atoms with Gasteiger partial charge in [0.1, 0.15) is 0 Å². The maximum Gasteiger partial charge on any atom is 0.248 e. The number of primary amides is 1. The number of carbonyl (C=O) groups is 2. The van der Waals surface area contributed by atoms with E-state index in [1.807, 2.05) is 17.0 Å². The van der Waals surface area contributed by atoms with Gasteiger partial charge in [-0.3, -0.25) is 9.59 Å². The van der Waals surface area contributed by atoms with Gasteiger partial charge >= 0.3 is 0 Å². The van der Waals surface area contributed by atoms with E-state index in [1.165, 1.54) is 0 Å². The number of nitrogens with one attached hydrogen (secondary N) is 1. The van der Waals surface area contributed by atoms with Crippen molar-refractivity contribution < 1.29 is 9.59 Å². The molecular weight excluding hydrogens is 242 g/mol. The van der Waals surface area contributed by atoms with E-state index in [2.05, 4.69) is 5.32 Å². The molecule has 1 aromatic carbocycles. The van der Waals surface area contributed by atoms with Crippen LogP contribution in [0.5, 0.6) is 0 Å². The summed E-state index contributed by atoms with van der Waals surface area (Å²) in [7, 11) is 0. The Labute approximate surface area is 112 Å². The van der Waals surface area contributed by atoms with Gasteiger partial charge in [-0.05, 0) is 30.5 Å². The second kappa shape index (κ2) is 6.33. The molecule has 0 atom stereocenters. The van der Waals surface area contributed by atoms with Crippen molar-refractivity contribution in [2.45, 2.75) is 19.4 Å². The Morgan fingerprint density at radius 2 is 1.79 bits per heavy atom. The first-order valence-electron chi connectivity index (χ1n) is 6.54. The average molecular weight is 261 g/mol. The minimum Gasteiger partial charge on any atom is -0.366 e. The van der Waals surface area contributed by atoms with Crippen LogP contribution in [0.4, 0.5) is 0 Å². The maximum atomic E-state index is 11.8. The van der Waals surface area contributed by atoms with Crippen LogP contribution < -0.4 is 11.1 Å². The monoisotopic (exact) mass is 261 g/mol. The SMILES string of the molecule is NC(=O)c1ccc(CNCC(=O)N2CCCC2)cc1. The third kappa shape index (κ3) is 3.79. The molecule has 0 bridgehead atoms. The molecule has 1 aliphatic heterocycles. The zero-order chi connectivity index (χ0) is 13.7. The van der Waals surface area contributed by atoms with Gasteiger partial charge in [0.05, 0.1) is 6.54 Å². The molecular formula is C14H19N3O2. The van der Waals surface area contributed by atoms with Crippen LogP contribution in [-0.4, -0.2) is 36.3 Å². The van der Waals surface area contributed by atoms with Crippen LogP contribution in [-0.2, 0) is 11.3 Å². The molecule has 102 valence electrons. The van der Waals surface area contributed by atoms with Gasteiger partial charge in [0.2, 0.25) is 11.8 Å². The van der Waals surface area contributed by atoms with Crippen LogP contribution in [0.2, 0.25) is 0 Å². The Kier molecular flexibility index (Phi) is 4.52. The fraction of sp³-hybridized carbons (Fsp3) is 0.429. The van der Waals surface area contributed by atoms with Crippen LogP contribution >= 0.6 is 0 Å². The highest BCUT2D eigenvalue weighted by Gasteiger charge is 2.16. The fourth-order valence-electron chi connectivity index (χ4n) is 2.18. The minimum atomic E-state index is -0.427. The lowest BCUT2D eigenvalue weighted by Gasteiger charge is -2.15. The number of likely N-dealkylation sites (tertiary alicyclic amines) is 1. The topological polar surface area (TPSA) is 75.4 Å². The largest absolute Gasteiger partial charge is 0.366 e. The molecule has 1 heterocycles. The molecule has 0 aromatic heterocycles. The van der Waals surface area contributed by atoms with Gasteiger partial charge in [0, 0.05) is 25.2 Å². The van der Waals surface area contributed by atoms with Crippen molar-refractivity contribution in [3.63, 3.8) is 0 Å². The number of nitrogens with zero attached hydrogens (tertiary/aromatic N) is 1. The summed E-state index contributed by atoms with van der Waals surface area (Å²) in [6, 6.07) is 7.07. The van der Waals surface area contributed by atoms with Crippen molar-refractivity contribution in [3.05, 3.63) is 35.4 Å². The quantitative estimate of drug-likeness (QED) is 0.810. The van der Waals surface area contributed by atoms with Gasteiger partial charge in [-0.1, -0.05) is 12.1 Å². The Hall–Kier alpha value is -1.88. The Balaban J connectivity index is 1.75. The van der Waals surface area contributed by atoms with Crippen molar-refractivity contribution >= 4 is 11.8 Å². The summed E-state index contributed by atoms with van der Waals surface area (Å²) in [5.74, 6) is -0.269. The van der Waals surface area contributed by atoms with Crippen molar-refractivity contribution in [1.29, 1.82) is 0 Å². The average Bonchev–Trinajstić information content (AvgIpc) is 2.93. The van der Waals surface area contributed by atoms with Crippen LogP contribution in [0.1, 0.15) is 28.8 Å². The molecule has 3 N–H and O–H groups in total. The summed E-state index contributed by atoms with van der Waals surface area (Å²) in [6.07, 6.45) is 2.22. The highest BCUT2D eigenvalue weighted by molar-refractivity contribution is 5.92. The van der Waals surface area contributed by atoms with Crippen molar-refractivity contribution in [2.75, 3.05) is 19.6 Å². The number of benzene rings is 1. The molecule has 1 aromatic rings. The van der Waals surface area contributed by atoms with Crippen LogP contribution in [0.25, 0.3) is 0 Å². The van der Waals surface area contributed by atoms with Crippen molar-refractivity contribution in [1.82, 2.24) is 10.2 Å². The number of carbonyl (C=O) groups excluding carboxylic acids is 2. The first-order chi connectivity index (χ1) is 9.16. The summed E-state index contributed by atoms with van der Waals surface area (Å²) in [5.41, 5.74) is 6.69. The number of nitrogens with two attached hydrogens (primary N) is 1. The first kappa shape index (κ1) is 13.5. The molecule has 5 heteroatoms. The predicted molar refractivity (Wildman–Crippen MR) is 72.5 cm³/mol. The predicted octanol–water partition coefficient (Wildman–Crippen LogP) is 0.497. The van der Waals surface area contributed by atoms with E-state index in [-0.39, 0.29) is 5.91 Å². The highest BCUT2D eigenvalue weighted by Crippen LogP contribution is 2.07. The summed E-state index contributed by atoms with van der Waals surface area (Å²) in [4.78, 5) is 24.6. The van der Waals surface area contributed by atoms with E-state index in [1.54, 1.807) is 12.1 Å². The molecule has 0 spiro atoms. The molecule has 1 fully saturated rings. The lowest BCUT2D eigenvalue weighted by atomic mass is 10.1. The van der Waals surface area contributed by atoms with Crippen molar-refractivity contribution in [2.24, 2.45) is 5.73 Å². The van der Waals surface area contributed by atoms with Crippen molar-refractivity contribution in [3.8, 4) is 0 Å². The smallest absolute Gasteiger partial charge is 0.248 e. The summed E-state index contributed by atoms with van der Waals surface area (Å²) in [5, 5.41) is 3.12. The Bertz CT molecular complexity index is 450. The Morgan fingerprint density at radius 1 is 1.16 bits per heavy atom. The molecule has 2 amide bonds. The summed E-state index contributed by atoms with van der Waals surface area (Å²) in [6.45, 7) is 2.73. The standard InChI is InChI=1S/C14H19N3O2/c15-14(19)12-5-3-11(4-6-12)9-16-10-13(18)17-7-1-2-8-17/h3-6,16H,1-2,7-10H2,(H2,15,19). The molecule has 1 aliphatic rings. The van der Waals surface area contributed by atoms with E-state index < -0.39 is 5.91 Å². The van der Waals surface area contributed by atoms with Gasteiger partial charge in [0.25, 0.3) is 0 Å². The number of hydrogen-bond acceptors (Lipinski definition) is 3. The lowest BCUT2D eigenvalue weighted by molar-refractivity contribution is -0.129. The molecule has 0 aliphatic carbocycles. The van der Waals surface area contributed by atoms with Gasteiger partial charge in [-0.2, -0.15) is 0 Å². The molecule has 1 saturated heterocycles. The van der Waals surface area contributed by atoms with E-state index >= 15 is 0 Å². The highest BCUT2D eigenvalue weighted by atomic mass is 16.2. The van der Waals surface area contributed by atoms with Gasteiger partial charge < -0.3 is 16.0 Å². The molecule has 19 heavy (non-hydrogen) atoms. The van der Waals surface area contributed by atoms with E-state index in [0.717, 1.165) is 31.5 Å². The zero-order valence-corrected chi connectivity index (χ0v) is 10.9. The number of hydrogen-bond donors (Lipinski definition) is 2. The summed E-state index contributed by atoms with van der Waals surface area (Å²) < 4.78 is 0. The zero-order valence-electron chi connectivity index (χ0n) is 10.9. The molecule has 0 saturated carbocycles. The van der Waals surface area contributed by atoms with E-state index in [9.17, 15) is 9.59 Å². The maximum absolute atomic E-state index is 11.8. The second-order valence-electron chi connectivity index (χ2n) is 4.75. The minimum absolute atomic E-state index is 0.159. The third-order valence-electron chi connectivity index (χ3n) is 3.30. The Morgan fingerprint density at radius 3 is 2.37 bits per heavy atom. The molecule has 2 rings (SSSR count). The number of amides is 2. The molecule has 0 unspecified atom stereocenters. The van der Waals surface area contributed by atoms with Crippen LogP contribution in [0.15, 0.2) is 24.3 Å². The number of rotatable bonds is 5. The van der Waals surface area contributed by atoms with E-state index in [4.69, 9.17) is 5.73 Å². The van der Waals surface area contributed by atoms with Gasteiger partial charge in [-0.15, -0.1) is 0 Å². The van der Waals surface area contributed by atoms with E-state index in [0.29, 0.717) is 18.7 Å². The van der Waals surface area contributed by atoms with Crippen LogP contribution in [0, 0.1) is 0 Å². The summed E-state index contributed by atoms with van der Waals surface area (Å²) >= 11 is 0. The van der Waals surface area contributed by atoms with Gasteiger partial charge in [0.15, 0.2) is 0 Å².